The molecule has 1 aromatic rings. The van der Waals surface area contributed by atoms with E-state index in [1.807, 2.05) is 6.92 Å². The Labute approximate surface area is 121 Å². The Morgan fingerprint density at radius 2 is 2.26 bits per heavy atom. The Morgan fingerprint density at radius 1 is 1.53 bits per heavy atom. The standard InChI is InChI=1S/C12H17BrN2O3S/c1-12(5-2-6-18-12)8-15-19(16,17)11-7-9(13)3-4-10(11)14/h3-4,7,15H,2,5-6,8,14H2,1H3. The van der Waals surface area contributed by atoms with Gasteiger partial charge in [-0.05, 0) is 38.0 Å². The lowest BCUT2D eigenvalue weighted by atomic mass is 10.0. The molecular formula is C12H17BrN2O3S. The van der Waals surface area contributed by atoms with Crippen molar-refractivity contribution in [1.29, 1.82) is 0 Å². The summed E-state index contributed by atoms with van der Waals surface area (Å²) in [4.78, 5) is 0.0865. The molecule has 0 radical (unpaired) electrons. The Kier molecular flexibility index (Phi) is 4.20. The minimum Gasteiger partial charge on any atom is -0.398 e. The van der Waals surface area contributed by atoms with Crippen LogP contribution < -0.4 is 10.5 Å². The monoisotopic (exact) mass is 348 g/mol. The van der Waals surface area contributed by atoms with E-state index >= 15 is 0 Å². The van der Waals surface area contributed by atoms with Gasteiger partial charge in [-0.15, -0.1) is 0 Å². The summed E-state index contributed by atoms with van der Waals surface area (Å²) in [6.45, 7) is 2.84. The largest absolute Gasteiger partial charge is 0.398 e. The quantitative estimate of drug-likeness (QED) is 0.814. The van der Waals surface area contributed by atoms with Gasteiger partial charge in [0.15, 0.2) is 0 Å². The van der Waals surface area contributed by atoms with Crippen LogP contribution in [0.25, 0.3) is 0 Å². The number of nitrogen functional groups attached to an aromatic ring is 1. The molecule has 0 aliphatic carbocycles. The third-order valence-electron chi connectivity index (χ3n) is 3.20. The highest BCUT2D eigenvalue weighted by Crippen LogP contribution is 2.26. The maximum Gasteiger partial charge on any atom is 0.242 e. The van der Waals surface area contributed by atoms with Crippen LogP contribution in [-0.4, -0.2) is 27.2 Å². The fourth-order valence-corrected chi connectivity index (χ4v) is 3.87. The lowest BCUT2D eigenvalue weighted by Crippen LogP contribution is -2.40. The molecule has 1 aromatic carbocycles. The molecule has 1 atom stereocenters. The normalized spacial score (nSPS) is 23.7. The van der Waals surface area contributed by atoms with Gasteiger partial charge in [-0.3, -0.25) is 0 Å². The first-order valence-electron chi connectivity index (χ1n) is 6.01. The van der Waals surface area contributed by atoms with Crippen molar-refractivity contribution in [2.24, 2.45) is 0 Å². The Morgan fingerprint density at radius 3 is 2.89 bits per heavy atom. The molecule has 0 bridgehead atoms. The van der Waals surface area contributed by atoms with Crippen LogP contribution in [0.15, 0.2) is 27.6 Å². The number of nitrogens with two attached hydrogens (primary N) is 1. The molecule has 19 heavy (non-hydrogen) atoms. The first-order valence-corrected chi connectivity index (χ1v) is 8.29. The minimum absolute atomic E-state index is 0.0865. The summed E-state index contributed by atoms with van der Waals surface area (Å²) in [6.07, 6.45) is 1.81. The molecule has 0 amide bonds. The van der Waals surface area contributed by atoms with E-state index in [1.54, 1.807) is 12.1 Å². The highest BCUT2D eigenvalue weighted by Gasteiger charge is 2.31. The number of halogens is 1. The molecule has 0 saturated carbocycles. The van der Waals surface area contributed by atoms with Crippen molar-refractivity contribution in [1.82, 2.24) is 4.72 Å². The van der Waals surface area contributed by atoms with Gasteiger partial charge in [0.2, 0.25) is 10.0 Å². The van der Waals surface area contributed by atoms with Crippen LogP contribution in [-0.2, 0) is 14.8 Å². The molecule has 2 rings (SSSR count). The second-order valence-electron chi connectivity index (χ2n) is 4.91. The zero-order valence-electron chi connectivity index (χ0n) is 10.6. The SMILES string of the molecule is CC1(CNS(=O)(=O)c2cc(Br)ccc2N)CCCO1. The van der Waals surface area contributed by atoms with Crippen molar-refractivity contribution >= 4 is 31.6 Å². The molecule has 1 aliphatic rings. The van der Waals surface area contributed by atoms with E-state index in [-0.39, 0.29) is 17.1 Å². The van der Waals surface area contributed by atoms with Crippen LogP contribution in [0.1, 0.15) is 19.8 Å². The molecule has 1 heterocycles. The second kappa shape index (κ2) is 5.40. The lowest BCUT2D eigenvalue weighted by molar-refractivity contribution is 0.0250. The molecule has 7 heteroatoms. The van der Waals surface area contributed by atoms with Crippen LogP contribution >= 0.6 is 15.9 Å². The van der Waals surface area contributed by atoms with Gasteiger partial charge in [-0.25, -0.2) is 13.1 Å². The maximum atomic E-state index is 12.2. The smallest absolute Gasteiger partial charge is 0.242 e. The van der Waals surface area contributed by atoms with Crippen molar-refractivity contribution in [3.8, 4) is 0 Å². The molecule has 1 unspecified atom stereocenters. The van der Waals surface area contributed by atoms with Crippen LogP contribution in [0, 0.1) is 0 Å². The van der Waals surface area contributed by atoms with E-state index in [2.05, 4.69) is 20.7 Å². The molecule has 0 spiro atoms. The number of nitrogens with one attached hydrogen (secondary N) is 1. The summed E-state index contributed by atoms with van der Waals surface area (Å²) < 4.78 is 33.3. The number of rotatable bonds is 4. The number of sulfonamides is 1. The highest BCUT2D eigenvalue weighted by molar-refractivity contribution is 9.10. The molecule has 106 valence electrons. The topological polar surface area (TPSA) is 81.4 Å². The Balaban J connectivity index is 2.16. The van der Waals surface area contributed by atoms with Crippen LogP contribution in [0.2, 0.25) is 0 Å². The third-order valence-corrected chi connectivity index (χ3v) is 5.15. The fraction of sp³-hybridized carbons (Fsp3) is 0.500. The van der Waals surface area contributed by atoms with Crippen LogP contribution in [0.5, 0.6) is 0 Å². The van der Waals surface area contributed by atoms with Crippen molar-refractivity contribution in [2.75, 3.05) is 18.9 Å². The summed E-state index contributed by atoms with van der Waals surface area (Å²) in [5, 5.41) is 0. The molecule has 5 nitrogen and oxygen atoms in total. The van der Waals surface area contributed by atoms with Gasteiger partial charge >= 0.3 is 0 Å². The molecule has 3 N–H and O–H groups in total. The zero-order valence-corrected chi connectivity index (χ0v) is 13.1. The van der Waals surface area contributed by atoms with Gasteiger partial charge in [0, 0.05) is 17.6 Å². The maximum absolute atomic E-state index is 12.2. The summed E-state index contributed by atoms with van der Waals surface area (Å²) >= 11 is 3.24. The molecule has 1 saturated heterocycles. The lowest BCUT2D eigenvalue weighted by Gasteiger charge is -2.23. The molecular weight excluding hydrogens is 332 g/mol. The molecule has 1 fully saturated rings. The van der Waals surface area contributed by atoms with E-state index in [9.17, 15) is 8.42 Å². The van der Waals surface area contributed by atoms with E-state index in [1.165, 1.54) is 6.07 Å². The molecule has 1 aliphatic heterocycles. The van der Waals surface area contributed by atoms with Gasteiger partial charge in [0.05, 0.1) is 11.3 Å². The number of hydrogen-bond donors (Lipinski definition) is 2. The molecule has 0 aromatic heterocycles. The number of hydrogen-bond acceptors (Lipinski definition) is 4. The summed E-state index contributed by atoms with van der Waals surface area (Å²) in [5.74, 6) is 0. The van der Waals surface area contributed by atoms with Crippen LogP contribution in [0.4, 0.5) is 5.69 Å². The number of anilines is 1. The average Bonchev–Trinajstić information content (AvgIpc) is 2.78. The van der Waals surface area contributed by atoms with Crippen molar-refractivity contribution < 1.29 is 13.2 Å². The first kappa shape index (κ1) is 14.8. The fourth-order valence-electron chi connectivity index (χ4n) is 2.04. The van der Waals surface area contributed by atoms with Crippen LogP contribution in [0.3, 0.4) is 0 Å². The van der Waals surface area contributed by atoms with E-state index < -0.39 is 15.6 Å². The summed E-state index contributed by atoms with van der Waals surface area (Å²) in [6, 6.07) is 4.76. The van der Waals surface area contributed by atoms with E-state index in [0.717, 1.165) is 12.8 Å². The first-order chi connectivity index (χ1) is 8.82. The van der Waals surface area contributed by atoms with Gasteiger partial charge in [0.25, 0.3) is 0 Å². The highest BCUT2D eigenvalue weighted by atomic mass is 79.9. The zero-order chi connectivity index (χ0) is 14.1. The predicted molar refractivity (Wildman–Crippen MR) is 77.3 cm³/mol. The van der Waals surface area contributed by atoms with E-state index in [0.29, 0.717) is 11.1 Å². The minimum atomic E-state index is -3.62. The van der Waals surface area contributed by atoms with Gasteiger partial charge in [-0.1, -0.05) is 15.9 Å². The summed E-state index contributed by atoms with van der Waals surface area (Å²) in [7, 11) is -3.62. The second-order valence-corrected chi connectivity index (χ2v) is 7.56. The Bertz CT molecular complexity index is 568. The number of ether oxygens (including phenoxy) is 1. The van der Waals surface area contributed by atoms with Gasteiger partial charge in [0.1, 0.15) is 4.90 Å². The van der Waals surface area contributed by atoms with E-state index in [4.69, 9.17) is 10.5 Å². The average molecular weight is 349 g/mol. The summed E-state index contributed by atoms with van der Waals surface area (Å²) in [5.41, 5.74) is 5.53. The van der Waals surface area contributed by atoms with Gasteiger partial charge < -0.3 is 10.5 Å². The van der Waals surface area contributed by atoms with Gasteiger partial charge in [-0.2, -0.15) is 0 Å². The third kappa shape index (κ3) is 3.47. The number of benzene rings is 1. The van der Waals surface area contributed by atoms with Crippen molar-refractivity contribution in [3.63, 3.8) is 0 Å². The predicted octanol–water partition coefficient (Wildman–Crippen LogP) is 1.88. The van der Waals surface area contributed by atoms with Crippen molar-refractivity contribution in [2.45, 2.75) is 30.3 Å². The Hall–Kier alpha value is -0.630. The van der Waals surface area contributed by atoms with Crippen molar-refractivity contribution in [3.05, 3.63) is 22.7 Å².